The van der Waals surface area contributed by atoms with E-state index in [0.717, 1.165) is 35.8 Å². The number of halogens is 1. The van der Waals surface area contributed by atoms with Crippen LogP contribution in [0.15, 0.2) is 22.8 Å². The molecule has 1 N–H and O–H groups in total. The molecule has 0 spiro atoms. The van der Waals surface area contributed by atoms with Crippen LogP contribution in [0.25, 0.3) is 0 Å². The summed E-state index contributed by atoms with van der Waals surface area (Å²) in [6.45, 7) is 0.636. The average molecular weight is 342 g/mol. The van der Waals surface area contributed by atoms with Crippen LogP contribution in [-0.2, 0) is 9.53 Å². The minimum absolute atomic E-state index is 0.174. The Kier molecular flexibility index (Phi) is 5.54. The third-order valence-corrected chi connectivity index (χ3v) is 4.64. The van der Waals surface area contributed by atoms with Crippen molar-refractivity contribution in [1.82, 2.24) is 4.98 Å². The summed E-state index contributed by atoms with van der Waals surface area (Å²) in [5.74, 6) is -0.122. The molecule has 0 saturated heterocycles. The number of carboxylic acid groups (broad SMARTS) is 1. The maximum atomic E-state index is 11.0. The Morgan fingerprint density at radius 1 is 1.45 bits per heavy atom. The van der Waals surface area contributed by atoms with Gasteiger partial charge in [0.05, 0.1) is 12.5 Å². The van der Waals surface area contributed by atoms with Crippen LogP contribution in [-0.4, -0.2) is 29.8 Å². The van der Waals surface area contributed by atoms with Crippen LogP contribution < -0.4 is 0 Å². The van der Waals surface area contributed by atoms with Gasteiger partial charge < -0.3 is 9.84 Å². The molecule has 0 radical (unpaired) electrons. The molecule has 0 bridgehead atoms. The lowest BCUT2D eigenvalue weighted by atomic mass is 9.75. The highest BCUT2D eigenvalue weighted by atomic mass is 79.9. The predicted octanol–water partition coefficient (Wildman–Crippen LogP) is 3.47. The highest BCUT2D eigenvalue weighted by molar-refractivity contribution is 9.10. The number of carboxylic acids is 1. The number of rotatable bonds is 5. The molecule has 1 heterocycles. The van der Waals surface area contributed by atoms with Gasteiger partial charge in [0, 0.05) is 29.4 Å². The molecule has 2 rings (SSSR count). The molecule has 0 aliphatic heterocycles. The van der Waals surface area contributed by atoms with Crippen molar-refractivity contribution in [3.05, 3.63) is 28.5 Å². The highest BCUT2D eigenvalue weighted by Gasteiger charge is 2.31. The van der Waals surface area contributed by atoms with E-state index in [1.807, 2.05) is 12.1 Å². The number of methoxy groups -OCH3 is 1. The van der Waals surface area contributed by atoms with Crippen molar-refractivity contribution in [1.29, 1.82) is 0 Å². The van der Waals surface area contributed by atoms with Gasteiger partial charge in [-0.3, -0.25) is 9.78 Å². The lowest BCUT2D eigenvalue weighted by Crippen LogP contribution is -2.27. The van der Waals surface area contributed by atoms with Crippen LogP contribution in [0.3, 0.4) is 0 Å². The summed E-state index contributed by atoms with van der Waals surface area (Å²) in [6.07, 6.45) is 5.19. The first kappa shape index (κ1) is 15.4. The Balaban J connectivity index is 2.06. The number of aromatic nitrogens is 1. The first-order valence-electron chi connectivity index (χ1n) is 6.95. The number of carbonyl (C=O) groups is 1. The molecule has 1 saturated carbocycles. The van der Waals surface area contributed by atoms with Gasteiger partial charge in [0.15, 0.2) is 0 Å². The monoisotopic (exact) mass is 341 g/mol. The van der Waals surface area contributed by atoms with E-state index in [0.29, 0.717) is 12.5 Å². The van der Waals surface area contributed by atoms with E-state index in [1.54, 1.807) is 13.3 Å². The van der Waals surface area contributed by atoms with Gasteiger partial charge in [-0.2, -0.15) is 0 Å². The van der Waals surface area contributed by atoms with Crippen LogP contribution in [0.1, 0.15) is 37.3 Å². The van der Waals surface area contributed by atoms with Gasteiger partial charge in [0.25, 0.3) is 0 Å². The van der Waals surface area contributed by atoms with Crippen LogP contribution in [0, 0.1) is 11.8 Å². The van der Waals surface area contributed by atoms with Crippen LogP contribution in [0.5, 0.6) is 0 Å². The number of aliphatic carboxylic acids is 1. The summed E-state index contributed by atoms with van der Waals surface area (Å²) in [7, 11) is 1.70. The van der Waals surface area contributed by atoms with E-state index in [-0.39, 0.29) is 11.8 Å². The van der Waals surface area contributed by atoms with E-state index in [9.17, 15) is 4.79 Å². The molecule has 0 unspecified atom stereocenters. The van der Waals surface area contributed by atoms with E-state index in [1.165, 1.54) is 0 Å². The van der Waals surface area contributed by atoms with E-state index in [2.05, 4.69) is 20.9 Å². The fourth-order valence-electron chi connectivity index (χ4n) is 3.02. The summed E-state index contributed by atoms with van der Waals surface area (Å²) in [5, 5.41) is 9.07. The SMILES string of the molecule is COC[C@H](c1ccc(Br)cn1)C1CCC(C(=O)O)CC1. The van der Waals surface area contributed by atoms with E-state index < -0.39 is 5.97 Å². The Labute approximate surface area is 127 Å². The second kappa shape index (κ2) is 7.18. The Morgan fingerprint density at radius 3 is 2.65 bits per heavy atom. The van der Waals surface area contributed by atoms with Gasteiger partial charge in [0.1, 0.15) is 0 Å². The van der Waals surface area contributed by atoms with Crippen molar-refractivity contribution in [2.24, 2.45) is 11.8 Å². The summed E-state index contributed by atoms with van der Waals surface area (Å²) < 4.78 is 6.31. The topological polar surface area (TPSA) is 59.4 Å². The molecule has 5 heteroatoms. The van der Waals surface area contributed by atoms with Crippen molar-refractivity contribution < 1.29 is 14.6 Å². The van der Waals surface area contributed by atoms with E-state index >= 15 is 0 Å². The quantitative estimate of drug-likeness (QED) is 0.890. The predicted molar refractivity (Wildman–Crippen MR) is 79.6 cm³/mol. The molecule has 20 heavy (non-hydrogen) atoms. The molecule has 1 aliphatic rings. The molecule has 110 valence electrons. The third-order valence-electron chi connectivity index (χ3n) is 4.17. The van der Waals surface area contributed by atoms with Gasteiger partial charge in [-0.15, -0.1) is 0 Å². The maximum absolute atomic E-state index is 11.0. The maximum Gasteiger partial charge on any atom is 0.306 e. The van der Waals surface area contributed by atoms with Gasteiger partial charge in [-0.1, -0.05) is 0 Å². The van der Waals surface area contributed by atoms with Crippen molar-refractivity contribution >= 4 is 21.9 Å². The zero-order valence-corrected chi connectivity index (χ0v) is 13.2. The largest absolute Gasteiger partial charge is 0.481 e. The number of hydrogen-bond acceptors (Lipinski definition) is 3. The van der Waals surface area contributed by atoms with Gasteiger partial charge in [-0.25, -0.2) is 0 Å². The molecular formula is C15H20BrNO3. The third kappa shape index (κ3) is 3.79. The van der Waals surface area contributed by atoms with E-state index in [4.69, 9.17) is 9.84 Å². The number of ether oxygens (including phenoxy) is 1. The zero-order chi connectivity index (χ0) is 14.5. The Bertz CT molecular complexity index is 441. The summed E-state index contributed by atoms with van der Waals surface area (Å²) in [5.41, 5.74) is 1.04. The van der Waals surface area contributed by atoms with Crippen LogP contribution >= 0.6 is 15.9 Å². The smallest absolute Gasteiger partial charge is 0.306 e. The minimum atomic E-state index is -0.659. The number of nitrogens with zero attached hydrogens (tertiary/aromatic N) is 1. The van der Waals surface area contributed by atoms with Crippen molar-refractivity contribution in [3.8, 4) is 0 Å². The first-order chi connectivity index (χ1) is 9.61. The first-order valence-corrected chi connectivity index (χ1v) is 7.74. The summed E-state index contributed by atoms with van der Waals surface area (Å²) >= 11 is 3.39. The van der Waals surface area contributed by atoms with Crippen molar-refractivity contribution in [2.75, 3.05) is 13.7 Å². The molecule has 4 nitrogen and oxygen atoms in total. The molecule has 1 atom stereocenters. The van der Waals surface area contributed by atoms with Crippen LogP contribution in [0.4, 0.5) is 0 Å². The highest BCUT2D eigenvalue weighted by Crippen LogP contribution is 2.38. The number of hydrogen-bond donors (Lipinski definition) is 1. The standard InChI is InChI=1S/C15H20BrNO3/c1-20-9-13(14-7-6-12(16)8-17-14)10-2-4-11(5-3-10)15(18)19/h6-8,10-11,13H,2-5,9H2,1H3,(H,18,19)/t10?,11?,13-/m0/s1. The summed E-state index contributed by atoms with van der Waals surface area (Å²) in [4.78, 5) is 15.5. The normalized spacial score (nSPS) is 24.3. The molecule has 1 aliphatic carbocycles. The molecule has 1 fully saturated rings. The second-order valence-electron chi connectivity index (χ2n) is 5.41. The Morgan fingerprint density at radius 2 is 2.15 bits per heavy atom. The van der Waals surface area contributed by atoms with Gasteiger partial charge >= 0.3 is 5.97 Å². The van der Waals surface area contributed by atoms with Crippen molar-refractivity contribution in [3.63, 3.8) is 0 Å². The van der Waals surface area contributed by atoms with Crippen LogP contribution in [0.2, 0.25) is 0 Å². The Hall–Kier alpha value is -0.940. The molecule has 1 aromatic heterocycles. The number of pyridine rings is 1. The van der Waals surface area contributed by atoms with Crippen molar-refractivity contribution in [2.45, 2.75) is 31.6 Å². The lowest BCUT2D eigenvalue weighted by Gasteiger charge is -2.32. The summed E-state index contributed by atoms with van der Waals surface area (Å²) in [6, 6.07) is 4.02. The molecule has 0 amide bonds. The fourth-order valence-corrected chi connectivity index (χ4v) is 3.25. The van der Waals surface area contributed by atoms with Gasteiger partial charge in [0.2, 0.25) is 0 Å². The molecule has 0 aromatic carbocycles. The molecule has 1 aromatic rings. The molecular weight excluding hydrogens is 322 g/mol. The lowest BCUT2D eigenvalue weighted by molar-refractivity contribution is -0.143. The second-order valence-corrected chi connectivity index (χ2v) is 6.33. The fraction of sp³-hybridized carbons (Fsp3) is 0.600. The minimum Gasteiger partial charge on any atom is -0.481 e. The average Bonchev–Trinajstić information content (AvgIpc) is 2.46. The zero-order valence-electron chi connectivity index (χ0n) is 11.6. The van der Waals surface area contributed by atoms with Gasteiger partial charge in [-0.05, 0) is 59.7 Å².